The van der Waals surface area contributed by atoms with E-state index in [4.69, 9.17) is 5.73 Å². The zero-order valence-corrected chi connectivity index (χ0v) is 10.9. The van der Waals surface area contributed by atoms with Crippen molar-refractivity contribution in [2.24, 2.45) is 0 Å². The van der Waals surface area contributed by atoms with Crippen molar-refractivity contribution >= 4 is 17.3 Å². The Bertz CT molecular complexity index is 631. The van der Waals surface area contributed by atoms with Crippen molar-refractivity contribution in [3.05, 3.63) is 59.9 Å². The van der Waals surface area contributed by atoms with Crippen LogP contribution in [0, 0.1) is 5.82 Å². The molecule has 0 aromatic heterocycles. The van der Waals surface area contributed by atoms with E-state index < -0.39 is 11.2 Å². The van der Waals surface area contributed by atoms with Gasteiger partial charge in [-0.25, -0.2) is 4.39 Å². The number of carbonyl (C=O) groups excluding carboxylic acids is 1. The molecule has 1 aliphatic carbocycles. The molecule has 0 aliphatic heterocycles. The molecule has 1 aliphatic rings. The molecule has 1 saturated carbocycles. The normalized spacial score (nSPS) is 15.7. The molecule has 3 N–H and O–H groups in total. The van der Waals surface area contributed by atoms with Gasteiger partial charge >= 0.3 is 0 Å². The van der Waals surface area contributed by atoms with E-state index in [1.54, 1.807) is 6.07 Å². The summed E-state index contributed by atoms with van der Waals surface area (Å²) in [4.78, 5) is 12.4. The predicted octanol–water partition coefficient (Wildman–Crippen LogP) is 3.08. The minimum atomic E-state index is -0.470. The van der Waals surface area contributed by atoms with Gasteiger partial charge in [0.1, 0.15) is 5.82 Å². The zero-order valence-electron chi connectivity index (χ0n) is 10.9. The second-order valence-corrected chi connectivity index (χ2v) is 5.18. The maximum atomic E-state index is 13.3. The van der Waals surface area contributed by atoms with Crippen molar-refractivity contribution < 1.29 is 9.18 Å². The Hall–Kier alpha value is -2.36. The van der Waals surface area contributed by atoms with Gasteiger partial charge in [-0.1, -0.05) is 30.3 Å². The lowest BCUT2D eigenvalue weighted by Crippen LogP contribution is -2.27. The number of nitrogens with two attached hydrogens (primary N) is 1. The van der Waals surface area contributed by atoms with Gasteiger partial charge in [0.25, 0.3) is 0 Å². The number of hydrogen-bond acceptors (Lipinski definition) is 2. The lowest BCUT2D eigenvalue weighted by atomic mass is 9.95. The molecular weight excluding hydrogens is 255 g/mol. The average molecular weight is 270 g/mol. The van der Waals surface area contributed by atoms with Crippen LogP contribution in [-0.4, -0.2) is 5.91 Å². The number of nitrogen functional groups attached to an aromatic ring is 1. The first-order valence-electron chi connectivity index (χ1n) is 6.53. The van der Waals surface area contributed by atoms with Crippen LogP contribution in [0.1, 0.15) is 18.4 Å². The van der Waals surface area contributed by atoms with Crippen molar-refractivity contribution in [3.63, 3.8) is 0 Å². The second kappa shape index (κ2) is 4.63. The van der Waals surface area contributed by atoms with Gasteiger partial charge in [0, 0.05) is 11.4 Å². The summed E-state index contributed by atoms with van der Waals surface area (Å²) in [5.41, 5.74) is 6.81. The van der Waals surface area contributed by atoms with Gasteiger partial charge < -0.3 is 11.1 Å². The molecule has 0 spiro atoms. The predicted molar refractivity (Wildman–Crippen MR) is 76.8 cm³/mol. The van der Waals surface area contributed by atoms with Gasteiger partial charge in [-0.05, 0) is 36.6 Å². The number of carbonyl (C=O) groups is 1. The highest BCUT2D eigenvalue weighted by molar-refractivity contribution is 6.01. The van der Waals surface area contributed by atoms with Gasteiger partial charge in [0.15, 0.2) is 0 Å². The monoisotopic (exact) mass is 270 g/mol. The highest BCUT2D eigenvalue weighted by Crippen LogP contribution is 2.48. The number of anilines is 2. The molecule has 3 nitrogen and oxygen atoms in total. The first-order valence-corrected chi connectivity index (χ1v) is 6.53. The molecule has 0 bridgehead atoms. The zero-order chi connectivity index (χ0) is 14.2. The van der Waals surface area contributed by atoms with Gasteiger partial charge in [0.05, 0.1) is 5.41 Å². The molecular formula is C16H15FN2O. The fraction of sp³-hybridized carbons (Fsp3) is 0.188. The van der Waals surface area contributed by atoms with Crippen molar-refractivity contribution in [1.82, 2.24) is 0 Å². The van der Waals surface area contributed by atoms with Crippen LogP contribution in [0.5, 0.6) is 0 Å². The minimum Gasteiger partial charge on any atom is -0.399 e. The van der Waals surface area contributed by atoms with Crippen LogP contribution >= 0.6 is 0 Å². The average Bonchev–Trinajstić information content (AvgIpc) is 3.20. The van der Waals surface area contributed by atoms with E-state index in [1.165, 1.54) is 12.1 Å². The van der Waals surface area contributed by atoms with E-state index in [9.17, 15) is 9.18 Å². The van der Waals surface area contributed by atoms with Gasteiger partial charge in [-0.2, -0.15) is 0 Å². The largest absolute Gasteiger partial charge is 0.399 e. The van der Waals surface area contributed by atoms with Crippen LogP contribution in [0.4, 0.5) is 15.8 Å². The number of benzene rings is 2. The Labute approximate surface area is 116 Å². The second-order valence-electron chi connectivity index (χ2n) is 5.18. The molecule has 1 amide bonds. The first kappa shape index (κ1) is 12.7. The number of rotatable bonds is 3. The molecule has 1 fully saturated rings. The molecule has 2 aromatic rings. The Kier molecular flexibility index (Phi) is 2.93. The number of nitrogens with one attached hydrogen (secondary N) is 1. The molecule has 0 saturated heterocycles. The molecule has 0 heterocycles. The molecule has 3 rings (SSSR count). The number of halogens is 1. The lowest BCUT2D eigenvalue weighted by molar-refractivity contribution is -0.118. The van der Waals surface area contributed by atoms with Crippen LogP contribution in [0.3, 0.4) is 0 Å². The molecule has 0 radical (unpaired) electrons. The van der Waals surface area contributed by atoms with Crippen molar-refractivity contribution in [3.8, 4) is 0 Å². The maximum Gasteiger partial charge on any atom is 0.235 e. The van der Waals surface area contributed by atoms with Crippen LogP contribution < -0.4 is 11.1 Å². The Balaban J connectivity index is 1.83. The van der Waals surface area contributed by atoms with Crippen LogP contribution in [0.15, 0.2) is 48.5 Å². The quantitative estimate of drug-likeness (QED) is 0.842. The van der Waals surface area contributed by atoms with Crippen molar-refractivity contribution in [2.75, 3.05) is 11.1 Å². The Morgan fingerprint density at radius 3 is 2.45 bits per heavy atom. The van der Waals surface area contributed by atoms with Gasteiger partial charge in [0.2, 0.25) is 5.91 Å². The fourth-order valence-electron chi connectivity index (χ4n) is 2.46. The van der Waals surface area contributed by atoms with E-state index in [1.807, 2.05) is 30.3 Å². The van der Waals surface area contributed by atoms with E-state index in [2.05, 4.69) is 5.32 Å². The summed E-state index contributed by atoms with van der Waals surface area (Å²) in [7, 11) is 0. The van der Waals surface area contributed by atoms with E-state index in [0.717, 1.165) is 18.4 Å². The number of hydrogen-bond donors (Lipinski definition) is 2. The fourth-order valence-corrected chi connectivity index (χ4v) is 2.46. The summed E-state index contributed by atoms with van der Waals surface area (Å²) >= 11 is 0. The summed E-state index contributed by atoms with van der Waals surface area (Å²) in [5.74, 6) is -0.557. The minimum absolute atomic E-state index is 0.103. The third-order valence-corrected chi connectivity index (χ3v) is 3.69. The van der Waals surface area contributed by atoms with E-state index in [-0.39, 0.29) is 5.91 Å². The molecule has 0 atom stereocenters. The van der Waals surface area contributed by atoms with E-state index in [0.29, 0.717) is 11.4 Å². The molecule has 20 heavy (non-hydrogen) atoms. The SMILES string of the molecule is Nc1cc(F)cc(NC(=O)C2(c3ccccc3)CC2)c1. The smallest absolute Gasteiger partial charge is 0.235 e. The van der Waals surface area contributed by atoms with Crippen LogP contribution in [0.2, 0.25) is 0 Å². The summed E-state index contributed by atoms with van der Waals surface area (Å²) in [6.45, 7) is 0. The van der Waals surface area contributed by atoms with Gasteiger partial charge in [-0.3, -0.25) is 4.79 Å². The van der Waals surface area contributed by atoms with E-state index >= 15 is 0 Å². The molecule has 102 valence electrons. The van der Waals surface area contributed by atoms with Crippen LogP contribution in [-0.2, 0) is 10.2 Å². The van der Waals surface area contributed by atoms with Crippen molar-refractivity contribution in [2.45, 2.75) is 18.3 Å². The third kappa shape index (κ3) is 2.25. The first-order chi connectivity index (χ1) is 9.60. The van der Waals surface area contributed by atoms with Gasteiger partial charge in [-0.15, -0.1) is 0 Å². The highest BCUT2D eigenvalue weighted by atomic mass is 19.1. The van der Waals surface area contributed by atoms with Crippen LogP contribution in [0.25, 0.3) is 0 Å². The Morgan fingerprint density at radius 2 is 1.85 bits per heavy atom. The third-order valence-electron chi connectivity index (χ3n) is 3.69. The molecule has 0 unspecified atom stereocenters. The highest BCUT2D eigenvalue weighted by Gasteiger charge is 2.51. The molecule has 2 aromatic carbocycles. The number of amides is 1. The van der Waals surface area contributed by atoms with Crippen molar-refractivity contribution in [1.29, 1.82) is 0 Å². The Morgan fingerprint density at radius 1 is 1.15 bits per heavy atom. The molecule has 4 heteroatoms. The summed E-state index contributed by atoms with van der Waals surface area (Å²) in [6.07, 6.45) is 1.63. The maximum absolute atomic E-state index is 13.3. The summed E-state index contributed by atoms with van der Waals surface area (Å²) in [5, 5.41) is 2.77. The topological polar surface area (TPSA) is 55.1 Å². The summed E-state index contributed by atoms with van der Waals surface area (Å²) < 4.78 is 13.3. The standard InChI is InChI=1S/C16H15FN2O/c17-12-8-13(18)10-14(9-12)19-15(20)16(6-7-16)11-4-2-1-3-5-11/h1-5,8-10H,6-7,18H2,(H,19,20). The summed E-state index contributed by atoms with van der Waals surface area (Å²) in [6, 6.07) is 13.7. The lowest BCUT2D eigenvalue weighted by Gasteiger charge is -2.16.